The van der Waals surface area contributed by atoms with Crippen molar-refractivity contribution in [3.63, 3.8) is 0 Å². The quantitative estimate of drug-likeness (QED) is 0.192. The van der Waals surface area contributed by atoms with Gasteiger partial charge in [-0.25, -0.2) is 0 Å². The average Bonchev–Trinajstić information content (AvgIpc) is 3.75. The molecule has 0 saturated heterocycles. The van der Waals surface area contributed by atoms with Gasteiger partial charge in [0.2, 0.25) is 0 Å². The van der Waals surface area contributed by atoms with Gasteiger partial charge in [-0.05, 0) is 77.5 Å². The molecule has 0 saturated carbocycles. The summed E-state index contributed by atoms with van der Waals surface area (Å²) in [5.74, 6) is 0. The molecule has 44 heavy (non-hydrogen) atoms. The maximum atomic E-state index is 2.44. The smallest absolute Gasteiger partial charge is 0.0476 e. The number of hydrogen-bond acceptors (Lipinski definition) is 4. The van der Waals surface area contributed by atoms with Crippen molar-refractivity contribution in [2.45, 2.75) is 0 Å². The lowest BCUT2D eigenvalue weighted by atomic mass is 10.0. The fourth-order valence-corrected chi connectivity index (χ4v) is 10.2. The first kappa shape index (κ1) is 24.7. The number of hydrogen-bond donors (Lipinski definition) is 0. The molecule has 3 heterocycles. The van der Waals surface area contributed by atoms with Gasteiger partial charge in [-0.3, -0.25) is 0 Å². The normalized spacial score (nSPS) is 12.1. The van der Waals surface area contributed by atoms with Crippen molar-refractivity contribution in [1.29, 1.82) is 0 Å². The predicted molar refractivity (Wildman–Crippen MR) is 197 cm³/mol. The number of anilines is 3. The fourth-order valence-electron chi connectivity index (χ4n) is 6.83. The Kier molecular flexibility index (Phi) is 5.26. The molecule has 0 unspecified atom stereocenters. The highest BCUT2D eigenvalue weighted by Crippen LogP contribution is 2.45. The van der Waals surface area contributed by atoms with Crippen LogP contribution in [0.3, 0.4) is 0 Å². The summed E-state index contributed by atoms with van der Waals surface area (Å²) in [6, 6.07) is 51.8. The number of rotatable bonds is 3. The van der Waals surface area contributed by atoms with Crippen molar-refractivity contribution in [2.75, 3.05) is 4.90 Å². The molecule has 0 amide bonds. The molecular weight excluding hydrogens is 591 g/mol. The van der Waals surface area contributed by atoms with Crippen LogP contribution in [-0.2, 0) is 0 Å². The number of benzene rings is 7. The Bertz CT molecular complexity index is 2630. The van der Waals surface area contributed by atoms with Crippen LogP contribution in [0.1, 0.15) is 0 Å². The van der Waals surface area contributed by atoms with Gasteiger partial charge in [0, 0.05) is 77.6 Å². The van der Waals surface area contributed by atoms with Crippen molar-refractivity contribution >= 4 is 122 Å². The van der Waals surface area contributed by atoms with E-state index in [-0.39, 0.29) is 0 Å². The summed E-state index contributed by atoms with van der Waals surface area (Å²) in [7, 11) is 0. The Labute approximate surface area is 265 Å². The Morgan fingerprint density at radius 2 is 0.818 bits per heavy atom. The minimum Gasteiger partial charge on any atom is -0.310 e. The van der Waals surface area contributed by atoms with Gasteiger partial charge in [0.15, 0.2) is 0 Å². The zero-order chi connectivity index (χ0) is 28.8. The third kappa shape index (κ3) is 3.62. The topological polar surface area (TPSA) is 3.24 Å². The van der Waals surface area contributed by atoms with Crippen molar-refractivity contribution < 1.29 is 0 Å². The van der Waals surface area contributed by atoms with Crippen LogP contribution in [0.5, 0.6) is 0 Å². The van der Waals surface area contributed by atoms with E-state index in [1.54, 1.807) is 0 Å². The van der Waals surface area contributed by atoms with Crippen LogP contribution in [0.15, 0.2) is 140 Å². The van der Waals surface area contributed by atoms with E-state index >= 15 is 0 Å². The van der Waals surface area contributed by atoms with Crippen LogP contribution in [0.25, 0.3) is 71.3 Å². The highest BCUT2D eigenvalue weighted by molar-refractivity contribution is 7.26. The van der Waals surface area contributed by atoms with E-state index in [9.17, 15) is 0 Å². The highest BCUT2D eigenvalue weighted by atomic mass is 32.1. The highest BCUT2D eigenvalue weighted by Gasteiger charge is 2.18. The van der Waals surface area contributed by atoms with Gasteiger partial charge in [0.25, 0.3) is 0 Å². The van der Waals surface area contributed by atoms with E-state index < -0.39 is 0 Å². The summed E-state index contributed by atoms with van der Waals surface area (Å²) in [4.78, 5) is 2.44. The van der Waals surface area contributed by atoms with Crippen molar-refractivity contribution in [2.24, 2.45) is 0 Å². The summed E-state index contributed by atoms with van der Waals surface area (Å²) >= 11 is 5.62. The molecule has 4 heteroatoms. The lowest BCUT2D eigenvalue weighted by Gasteiger charge is -2.26. The van der Waals surface area contributed by atoms with Crippen molar-refractivity contribution in [3.8, 4) is 0 Å². The van der Waals surface area contributed by atoms with E-state index in [4.69, 9.17) is 0 Å². The summed E-state index contributed by atoms with van der Waals surface area (Å²) < 4.78 is 7.94. The molecule has 0 fully saturated rings. The first-order valence-corrected chi connectivity index (χ1v) is 17.2. The average molecular weight is 614 g/mol. The Balaban J connectivity index is 1.23. The number of thiophene rings is 3. The second kappa shape index (κ2) is 9.38. The first-order valence-electron chi connectivity index (χ1n) is 14.8. The van der Waals surface area contributed by atoms with Gasteiger partial charge in [-0.1, -0.05) is 72.8 Å². The molecular formula is C40H23NS3. The molecule has 0 aliphatic heterocycles. The van der Waals surface area contributed by atoms with Gasteiger partial charge >= 0.3 is 0 Å². The minimum atomic E-state index is 1.17. The zero-order valence-electron chi connectivity index (χ0n) is 23.5. The van der Waals surface area contributed by atoms with Crippen LogP contribution in [-0.4, -0.2) is 0 Å². The predicted octanol–water partition coefficient (Wildman–Crippen LogP) is 13.4. The summed E-state index contributed by atoms with van der Waals surface area (Å²) in [6.07, 6.45) is 0. The van der Waals surface area contributed by atoms with Gasteiger partial charge < -0.3 is 4.90 Å². The van der Waals surface area contributed by atoms with Gasteiger partial charge in [0.05, 0.1) is 0 Å². The van der Waals surface area contributed by atoms with E-state index in [1.165, 1.54) is 88.4 Å². The monoisotopic (exact) mass is 613 g/mol. The molecule has 7 aromatic carbocycles. The molecule has 0 spiro atoms. The lowest BCUT2D eigenvalue weighted by Crippen LogP contribution is -2.09. The molecule has 0 aliphatic carbocycles. The molecule has 0 bridgehead atoms. The molecule has 0 atom stereocenters. The van der Waals surface area contributed by atoms with E-state index in [1.807, 2.05) is 34.0 Å². The zero-order valence-corrected chi connectivity index (χ0v) is 25.9. The first-order chi connectivity index (χ1) is 21.8. The van der Waals surface area contributed by atoms with Gasteiger partial charge in [0.1, 0.15) is 0 Å². The summed E-state index contributed by atoms with van der Waals surface area (Å²) in [5, 5.41) is 10.6. The fraction of sp³-hybridized carbons (Fsp3) is 0. The van der Waals surface area contributed by atoms with E-state index in [2.05, 4.69) is 144 Å². The molecule has 206 valence electrons. The van der Waals surface area contributed by atoms with Crippen molar-refractivity contribution in [3.05, 3.63) is 140 Å². The summed E-state index contributed by atoms with van der Waals surface area (Å²) in [5.41, 5.74) is 3.52. The largest absolute Gasteiger partial charge is 0.310 e. The second-order valence-corrected chi connectivity index (χ2v) is 14.6. The van der Waals surface area contributed by atoms with Crippen LogP contribution >= 0.6 is 34.0 Å². The van der Waals surface area contributed by atoms with Crippen LogP contribution < -0.4 is 4.90 Å². The standard InChI is InChI=1S/C40H23NS3/c1-2-8-28-24(7-1)13-18-38-40(28)31-17-14-27(23-39(31)44-38)41(25-15-19-36-32(21-25)29-9-3-5-11-34(29)42-36)26-16-20-37-33(22-26)30-10-4-6-12-35(30)43-37/h1-23H. The number of nitrogens with zero attached hydrogens (tertiary/aromatic N) is 1. The molecule has 10 aromatic rings. The molecule has 0 aliphatic rings. The Morgan fingerprint density at radius 1 is 0.318 bits per heavy atom. The van der Waals surface area contributed by atoms with Crippen LogP contribution in [0, 0.1) is 0 Å². The van der Waals surface area contributed by atoms with E-state index in [0.717, 1.165) is 0 Å². The van der Waals surface area contributed by atoms with Gasteiger partial charge in [-0.15, -0.1) is 34.0 Å². The Hall–Kier alpha value is -4.74. The number of fused-ring (bicyclic) bond motifs is 11. The SMILES string of the molecule is c1ccc2c(c1)ccc1sc3cc(N(c4ccc5sc6ccccc6c5c4)c4ccc5sc6ccccc6c5c4)ccc3c12. The Morgan fingerprint density at radius 3 is 1.50 bits per heavy atom. The third-order valence-corrected chi connectivity index (χ3v) is 12.3. The minimum absolute atomic E-state index is 1.17. The van der Waals surface area contributed by atoms with Gasteiger partial charge in [-0.2, -0.15) is 0 Å². The molecule has 1 nitrogen and oxygen atoms in total. The van der Waals surface area contributed by atoms with Crippen molar-refractivity contribution in [1.82, 2.24) is 0 Å². The molecule has 0 radical (unpaired) electrons. The molecule has 10 rings (SSSR count). The maximum absolute atomic E-state index is 2.44. The van der Waals surface area contributed by atoms with E-state index in [0.29, 0.717) is 0 Å². The lowest BCUT2D eigenvalue weighted by molar-refractivity contribution is 1.30. The summed E-state index contributed by atoms with van der Waals surface area (Å²) in [6.45, 7) is 0. The third-order valence-electron chi connectivity index (χ3n) is 8.84. The van der Waals surface area contributed by atoms with Crippen LogP contribution in [0.2, 0.25) is 0 Å². The molecule has 0 N–H and O–H groups in total. The second-order valence-electron chi connectivity index (χ2n) is 11.3. The maximum Gasteiger partial charge on any atom is 0.0476 e. The molecule has 3 aromatic heterocycles. The van der Waals surface area contributed by atoms with Crippen LogP contribution in [0.4, 0.5) is 17.1 Å².